The minimum absolute atomic E-state index is 0.0918. The molecule has 0 saturated carbocycles. The molecule has 7 nitrogen and oxygen atoms in total. The minimum atomic E-state index is 0.0918. The van der Waals surface area contributed by atoms with Crippen LogP contribution in [-0.2, 0) is 7.05 Å². The summed E-state index contributed by atoms with van der Waals surface area (Å²) in [6.07, 6.45) is 3.03. The third kappa shape index (κ3) is 4.18. The molecule has 0 spiro atoms. The van der Waals surface area contributed by atoms with E-state index in [9.17, 15) is 0 Å². The summed E-state index contributed by atoms with van der Waals surface area (Å²) in [5.41, 5.74) is 3.72. The van der Waals surface area contributed by atoms with Gasteiger partial charge in [0.15, 0.2) is 0 Å². The highest BCUT2D eigenvalue weighted by Crippen LogP contribution is 2.27. The first-order chi connectivity index (χ1) is 12.4. The van der Waals surface area contributed by atoms with Crippen LogP contribution in [0.1, 0.15) is 22.4 Å². The van der Waals surface area contributed by atoms with Crippen molar-refractivity contribution in [2.75, 3.05) is 0 Å². The number of ether oxygens (including phenoxy) is 1. The molecule has 0 bridgehead atoms. The third-order valence-corrected chi connectivity index (χ3v) is 3.73. The van der Waals surface area contributed by atoms with E-state index < -0.39 is 0 Å². The average molecular weight is 372 g/mol. The molecule has 3 aromatic rings. The maximum atomic E-state index is 6.05. The van der Waals surface area contributed by atoms with Crippen molar-refractivity contribution in [1.29, 1.82) is 0 Å². The molecule has 0 aliphatic rings. The summed E-state index contributed by atoms with van der Waals surface area (Å²) in [6.45, 7) is 5.92. The topological polar surface area (TPSA) is 74.4 Å². The van der Waals surface area contributed by atoms with E-state index >= 15 is 0 Å². The van der Waals surface area contributed by atoms with Gasteiger partial charge in [0.25, 0.3) is 5.88 Å². The van der Waals surface area contributed by atoms with Crippen molar-refractivity contribution < 1.29 is 9.57 Å². The van der Waals surface area contributed by atoms with Gasteiger partial charge in [-0.15, -0.1) is 0 Å². The molecule has 2 aromatic heterocycles. The molecule has 0 fully saturated rings. The van der Waals surface area contributed by atoms with E-state index in [1.165, 1.54) is 12.4 Å². The number of nitrogens with zero attached hydrogens (tertiary/aromatic N) is 5. The predicted octanol–water partition coefficient (Wildman–Crippen LogP) is 3.99. The van der Waals surface area contributed by atoms with Crippen molar-refractivity contribution in [2.45, 2.75) is 20.8 Å². The number of oxime groups is 1. The summed E-state index contributed by atoms with van der Waals surface area (Å²) in [6, 6.07) is 7.59. The second-order valence-electron chi connectivity index (χ2n) is 5.84. The van der Waals surface area contributed by atoms with E-state index in [0.29, 0.717) is 11.4 Å². The maximum Gasteiger partial charge on any atom is 0.252 e. The van der Waals surface area contributed by atoms with E-state index in [2.05, 4.69) is 26.3 Å². The number of benzene rings is 1. The lowest BCUT2D eigenvalue weighted by Crippen LogP contribution is -1.98. The van der Waals surface area contributed by atoms with Crippen molar-refractivity contribution in [3.63, 3.8) is 0 Å². The Morgan fingerprint density at radius 3 is 2.58 bits per heavy atom. The van der Waals surface area contributed by atoms with Crippen LogP contribution in [0.15, 0.2) is 35.6 Å². The molecular formula is C18H18ClN5O2. The van der Waals surface area contributed by atoms with E-state index in [1.54, 1.807) is 10.7 Å². The second kappa shape index (κ2) is 7.53. The lowest BCUT2D eigenvalue weighted by atomic mass is 10.1. The predicted molar refractivity (Wildman–Crippen MR) is 99.2 cm³/mol. The molecule has 0 atom stereocenters. The highest BCUT2D eigenvalue weighted by atomic mass is 35.5. The van der Waals surface area contributed by atoms with Crippen LogP contribution in [0.4, 0.5) is 0 Å². The molecule has 0 radical (unpaired) electrons. The van der Waals surface area contributed by atoms with Gasteiger partial charge in [-0.1, -0.05) is 11.2 Å². The van der Waals surface area contributed by atoms with E-state index in [0.717, 1.165) is 22.6 Å². The number of rotatable bonds is 5. The first kappa shape index (κ1) is 17.9. The van der Waals surface area contributed by atoms with Crippen molar-refractivity contribution in [3.8, 4) is 17.5 Å². The number of hydrogen-bond donors (Lipinski definition) is 0. The molecule has 134 valence electrons. The highest BCUT2D eigenvalue weighted by molar-refractivity contribution is 6.28. The van der Waals surface area contributed by atoms with E-state index in [-0.39, 0.29) is 11.2 Å². The fourth-order valence-corrected chi connectivity index (χ4v) is 2.67. The van der Waals surface area contributed by atoms with Gasteiger partial charge in [0.2, 0.25) is 11.2 Å². The van der Waals surface area contributed by atoms with Crippen LogP contribution in [0.5, 0.6) is 17.5 Å². The van der Waals surface area contributed by atoms with Gasteiger partial charge in [-0.25, -0.2) is 9.67 Å². The summed E-state index contributed by atoms with van der Waals surface area (Å²) >= 11 is 5.72. The van der Waals surface area contributed by atoms with Gasteiger partial charge in [-0.3, -0.25) is 0 Å². The molecule has 3 rings (SSSR count). The Morgan fingerprint density at radius 2 is 1.88 bits per heavy atom. The van der Waals surface area contributed by atoms with Gasteiger partial charge in [-0.2, -0.15) is 10.1 Å². The molecule has 0 amide bonds. The second-order valence-corrected chi connectivity index (χ2v) is 6.18. The summed E-state index contributed by atoms with van der Waals surface area (Å²) < 4.78 is 7.71. The van der Waals surface area contributed by atoms with Crippen molar-refractivity contribution in [2.24, 2.45) is 12.2 Å². The lowest BCUT2D eigenvalue weighted by molar-refractivity contribution is 0.329. The summed E-state index contributed by atoms with van der Waals surface area (Å²) in [7, 11) is 1.81. The molecule has 0 aliphatic carbocycles. The highest BCUT2D eigenvalue weighted by Gasteiger charge is 2.14. The maximum absolute atomic E-state index is 6.05. The zero-order valence-electron chi connectivity index (χ0n) is 14.9. The number of halogens is 1. The Balaban J connectivity index is 1.84. The molecule has 0 aliphatic heterocycles. The van der Waals surface area contributed by atoms with Crippen LogP contribution in [-0.4, -0.2) is 26.0 Å². The van der Waals surface area contributed by atoms with Crippen LogP contribution in [0.2, 0.25) is 5.28 Å². The fourth-order valence-electron chi connectivity index (χ4n) is 2.53. The van der Waals surface area contributed by atoms with Gasteiger partial charge in [0.1, 0.15) is 5.75 Å². The molecule has 0 unspecified atom stereocenters. The Bertz CT molecular complexity index is 948. The Labute approximate surface area is 156 Å². The molecule has 2 heterocycles. The molecule has 1 aromatic carbocycles. The minimum Gasteiger partial charge on any atom is -0.439 e. The Kier molecular flexibility index (Phi) is 5.18. The summed E-state index contributed by atoms with van der Waals surface area (Å²) in [5.74, 6) is 1.56. The largest absolute Gasteiger partial charge is 0.439 e. The molecule has 0 N–H and O–H groups in total. The Hall–Kier alpha value is -2.93. The van der Waals surface area contributed by atoms with E-state index in [4.69, 9.17) is 21.2 Å². The standard InChI is InChI=1S/C18H18ClN5O2/c1-11-7-12(2)9-14(8-11)25-17-15(13(3)23-24(17)4)10-21-26-16-5-6-20-18(19)22-16/h5-10H,1-4H3/b21-10+. The molecule has 0 saturated heterocycles. The SMILES string of the molecule is Cc1cc(C)cc(Oc2c(/C=N/Oc3ccnc(Cl)n3)c(C)nn2C)c1. The summed E-state index contributed by atoms with van der Waals surface area (Å²) in [4.78, 5) is 12.9. The van der Waals surface area contributed by atoms with Crippen molar-refractivity contribution in [1.82, 2.24) is 19.7 Å². The number of aromatic nitrogens is 4. The first-order valence-electron chi connectivity index (χ1n) is 7.91. The van der Waals surface area contributed by atoms with Crippen LogP contribution >= 0.6 is 11.6 Å². The number of hydrogen-bond acceptors (Lipinski definition) is 6. The molecule has 26 heavy (non-hydrogen) atoms. The quantitative estimate of drug-likeness (QED) is 0.385. The Morgan fingerprint density at radius 1 is 1.15 bits per heavy atom. The van der Waals surface area contributed by atoms with Gasteiger partial charge in [0.05, 0.1) is 17.5 Å². The van der Waals surface area contributed by atoms with E-state index in [1.807, 2.05) is 40.0 Å². The van der Waals surface area contributed by atoms with Crippen LogP contribution < -0.4 is 9.57 Å². The van der Waals surface area contributed by atoms with Crippen LogP contribution in [0.25, 0.3) is 0 Å². The van der Waals surface area contributed by atoms with Crippen LogP contribution in [0.3, 0.4) is 0 Å². The number of aryl methyl sites for hydroxylation is 4. The average Bonchev–Trinajstić information content (AvgIpc) is 2.81. The zero-order valence-corrected chi connectivity index (χ0v) is 15.7. The third-order valence-electron chi connectivity index (χ3n) is 3.55. The summed E-state index contributed by atoms with van der Waals surface area (Å²) in [5, 5.41) is 8.44. The fraction of sp³-hybridized carbons (Fsp3) is 0.222. The van der Waals surface area contributed by atoms with Gasteiger partial charge < -0.3 is 9.57 Å². The zero-order chi connectivity index (χ0) is 18.7. The molecular weight excluding hydrogens is 354 g/mol. The normalized spacial score (nSPS) is 11.1. The smallest absolute Gasteiger partial charge is 0.252 e. The molecule has 8 heteroatoms. The van der Waals surface area contributed by atoms with Crippen molar-refractivity contribution in [3.05, 3.63) is 58.1 Å². The van der Waals surface area contributed by atoms with Crippen molar-refractivity contribution >= 4 is 17.8 Å². The van der Waals surface area contributed by atoms with Gasteiger partial charge in [-0.05, 0) is 55.6 Å². The lowest BCUT2D eigenvalue weighted by Gasteiger charge is -2.09. The van der Waals surface area contributed by atoms with Crippen LogP contribution in [0, 0.1) is 20.8 Å². The first-order valence-corrected chi connectivity index (χ1v) is 8.29. The van der Waals surface area contributed by atoms with Gasteiger partial charge >= 0.3 is 0 Å². The van der Waals surface area contributed by atoms with Gasteiger partial charge in [0, 0.05) is 19.3 Å². The monoisotopic (exact) mass is 371 g/mol.